The lowest BCUT2D eigenvalue weighted by molar-refractivity contribution is 0.443. The van der Waals surface area contributed by atoms with E-state index in [4.69, 9.17) is 0 Å². The van der Waals surface area contributed by atoms with Crippen LogP contribution in [0.3, 0.4) is 0 Å². The van der Waals surface area contributed by atoms with Gasteiger partial charge in [0.25, 0.3) is 0 Å². The lowest BCUT2D eigenvalue weighted by Crippen LogP contribution is -2.36. The third-order valence-corrected chi connectivity index (χ3v) is 6.17. The van der Waals surface area contributed by atoms with Gasteiger partial charge in [0, 0.05) is 5.69 Å². The molecule has 1 nitrogen and oxygen atoms in total. The van der Waals surface area contributed by atoms with Crippen LogP contribution in [0, 0.1) is 0 Å². The van der Waals surface area contributed by atoms with Crippen LogP contribution in [0.5, 0.6) is 0 Å². The first-order valence-electron chi connectivity index (χ1n) is 8.87. The summed E-state index contributed by atoms with van der Waals surface area (Å²) < 4.78 is 0. The molecule has 1 atom stereocenters. The molecule has 1 fully saturated rings. The van der Waals surface area contributed by atoms with Crippen molar-refractivity contribution in [3.8, 4) is 0 Å². The zero-order valence-corrected chi connectivity index (χ0v) is 13.1. The van der Waals surface area contributed by atoms with Crippen molar-refractivity contribution in [2.45, 2.75) is 56.4 Å². The van der Waals surface area contributed by atoms with Crippen molar-refractivity contribution < 1.29 is 0 Å². The van der Waals surface area contributed by atoms with Crippen LogP contribution >= 0.6 is 0 Å². The van der Waals surface area contributed by atoms with Gasteiger partial charge in [0.15, 0.2) is 0 Å². The summed E-state index contributed by atoms with van der Waals surface area (Å²) in [7, 11) is 0. The van der Waals surface area contributed by atoms with Crippen LogP contribution in [0.15, 0.2) is 59.2 Å². The number of nitrogens with one attached hydrogen (secondary N) is 1. The highest BCUT2D eigenvalue weighted by molar-refractivity contribution is 5.73. The lowest BCUT2D eigenvalue weighted by Gasteiger charge is -2.31. The predicted molar refractivity (Wildman–Crippen MR) is 92.1 cm³/mol. The Kier molecular flexibility index (Phi) is 2.68. The molecule has 4 bridgehead atoms. The Morgan fingerprint density at radius 2 is 1.77 bits per heavy atom. The van der Waals surface area contributed by atoms with Crippen molar-refractivity contribution in [1.82, 2.24) is 0 Å². The smallest absolute Gasteiger partial charge is 0.0885 e. The molecule has 0 heterocycles. The van der Waals surface area contributed by atoms with E-state index in [9.17, 15) is 0 Å². The van der Waals surface area contributed by atoms with Crippen molar-refractivity contribution in [3.63, 3.8) is 0 Å². The van der Waals surface area contributed by atoms with Crippen molar-refractivity contribution in [1.29, 1.82) is 0 Å². The van der Waals surface area contributed by atoms with E-state index in [0.717, 1.165) is 5.92 Å². The van der Waals surface area contributed by atoms with Gasteiger partial charge in [-0.05, 0) is 66.0 Å². The number of benzene rings is 1. The third kappa shape index (κ3) is 1.71. The lowest BCUT2D eigenvalue weighted by atomic mass is 9.84. The summed E-state index contributed by atoms with van der Waals surface area (Å²) >= 11 is 0. The summed E-state index contributed by atoms with van der Waals surface area (Å²) in [6.45, 7) is 0. The fourth-order valence-electron chi connectivity index (χ4n) is 4.96. The first-order valence-corrected chi connectivity index (χ1v) is 8.87. The zero-order valence-electron chi connectivity index (χ0n) is 13.1. The first kappa shape index (κ1) is 12.8. The van der Waals surface area contributed by atoms with E-state index in [1.165, 1.54) is 61.8 Å². The van der Waals surface area contributed by atoms with E-state index in [1.807, 2.05) is 0 Å². The monoisotopic (exact) mass is 289 g/mol. The minimum absolute atomic E-state index is 0.113. The molecule has 1 N–H and O–H groups in total. The van der Waals surface area contributed by atoms with E-state index in [1.54, 1.807) is 11.1 Å². The number of allylic oxidation sites excluding steroid dienone is 2. The highest BCUT2D eigenvalue weighted by Gasteiger charge is 2.48. The van der Waals surface area contributed by atoms with Crippen molar-refractivity contribution in [2.75, 3.05) is 5.32 Å². The molecule has 0 spiro atoms. The van der Waals surface area contributed by atoms with Gasteiger partial charge in [0.05, 0.1) is 5.54 Å². The van der Waals surface area contributed by atoms with Gasteiger partial charge in [-0.25, -0.2) is 0 Å². The van der Waals surface area contributed by atoms with E-state index >= 15 is 0 Å². The maximum Gasteiger partial charge on any atom is 0.0885 e. The summed E-state index contributed by atoms with van der Waals surface area (Å²) in [5.74, 6) is 0.800. The van der Waals surface area contributed by atoms with Crippen LogP contribution in [0.4, 0.5) is 5.69 Å². The number of hydrogen-bond donors (Lipinski definition) is 1. The molecule has 1 aromatic carbocycles. The maximum atomic E-state index is 3.85. The number of hydrogen-bond acceptors (Lipinski definition) is 1. The van der Waals surface area contributed by atoms with Crippen LogP contribution in [0.2, 0.25) is 0 Å². The molecule has 1 unspecified atom stereocenters. The predicted octanol–water partition coefficient (Wildman–Crippen LogP) is 5.49. The number of rotatable bonds is 3. The largest absolute Gasteiger partial charge is 0.372 e. The molecular weight excluding hydrogens is 266 g/mol. The van der Waals surface area contributed by atoms with E-state index < -0.39 is 0 Å². The van der Waals surface area contributed by atoms with Gasteiger partial charge >= 0.3 is 0 Å². The van der Waals surface area contributed by atoms with Gasteiger partial charge in [0.1, 0.15) is 0 Å². The highest BCUT2D eigenvalue weighted by Crippen LogP contribution is 2.54. The highest BCUT2D eigenvalue weighted by atomic mass is 15.0. The minimum atomic E-state index is 0.113. The summed E-state index contributed by atoms with van der Waals surface area (Å²) in [6, 6.07) is 9.32. The van der Waals surface area contributed by atoms with Crippen molar-refractivity contribution >= 4 is 5.69 Å². The van der Waals surface area contributed by atoms with Crippen LogP contribution in [0.25, 0.3) is 0 Å². The Morgan fingerprint density at radius 3 is 2.50 bits per heavy atom. The molecule has 0 aromatic heterocycles. The molecule has 4 aliphatic carbocycles. The van der Waals surface area contributed by atoms with Gasteiger partial charge in [-0.1, -0.05) is 49.6 Å². The van der Waals surface area contributed by atoms with Crippen molar-refractivity contribution in [3.05, 3.63) is 64.8 Å². The van der Waals surface area contributed by atoms with Crippen LogP contribution in [-0.2, 0) is 0 Å². The Morgan fingerprint density at radius 1 is 0.955 bits per heavy atom. The molecule has 0 saturated heterocycles. The van der Waals surface area contributed by atoms with Gasteiger partial charge in [-0.3, -0.25) is 0 Å². The molecule has 1 aromatic rings. The summed E-state index contributed by atoms with van der Waals surface area (Å²) in [5.41, 5.74) is 7.49. The first-order chi connectivity index (χ1) is 10.9. The normalized spacial score (nSPS) is 29.4. The van der Waals surface area contributed by atoms with Crippen LogP contribution in [-0.4, -0.2) is 5.54 Å². The maximum absolute atomic E-state index is 3.85. The molecule has 0 amide bonds. The Bertz CT molecular complexity index is 698. The number of anilines is 1. The molecule has 0 aliphatic heterocycles. The average Bonchev–Trinajstić information content (AvgIpc) is 3.20. The van der Waals surface area contributed by atoms with E-state index in [2.05, 4.69) is 47.8 Å². The zero-order chi connectivity index (χ0) is 14.6. The van der Waals surface area contributed by atoms with Crippen molar-refractivity contribution in [2.24, 2.45) is 0 Å². The van der Waals surface area contributed by atoms with Gasteiger partial charge in [-0.2, -0.15) is 0 Å². The molecule has 1 heteroatoms. The van der Waals surface area contributed by atoms with Gasteiger partial charge in [0.2, 0.25) is 0 Å². The van der Waals surface area contributed by atoms with E-state index in [0.29, 0.717) is 0 Å². The minimum Gasteiger partial charge on any atom is -0.372 e. The summed E-state index contributed by atoms with van der Waals surface area (Å²) in [4.78, 5) is 0. The van der Waals surface area contributed by atoms with Crippen LogP contribution in [0.1, 0.15) is 56.4 Å². The summed E-state index contributed by atoms with van der Waals surface area (Å²) in [6.07, 6.45) is 16.5. The molecule has 5 rings (SSSR count). The molecule has 1 saturated carbocycles. The third-order valence-electron chi connectivity index (χ3n) is 6.17. The Balaban J connectivity index is 1.37. The summed E-state index contributed by atoms with van der Waals surface area (Å²) in [5, 5.41) is 3.85. The fourth-order valence-corrected chi connectivity index (χ4v) is 4.96. The molecule has 4 aliphatic rings. The standard InChI is InChI=1S/C21H23N/c1-2-4-15(5-3-1)16-6-9-19(10-7-16)22-21-13-12-17-14-18(21)8-11-20(17)21/h6-11,14-15,22H,1-5,12-13H2. The molecule has 112 valence electrons. The van der Waals surface area contributed by atoms with Crippen LogP contribution < -0.4 is 5.32 Å². The van der Waals surface area contributed by atoms with E-state index in [-0.39, 0.29) is 5.54 Å². The SMILES string of the molecule is C1=CC2=C3C=C1C2(Nc1ccc(C2CCCCC2)cc1)CC3. The second kappa shape index (κ2) is 4.62. The second-order valence-electron chi connectivity index (χ2n) is 7.36. The fraction of sp³-hybridized carbons (Fsp3) is 0.429. The Labute approximate surface area is 132 Å². The molecular formula is C21H23N. The molecule has 22 heavy (non-hydrogen) atoms. The topological polar surface area (TPSA) is 12.0 Å². The second-order valence-corrected chi connectivity index (χ2v) is 7.36. The van der Waals surface area contributed by atoms with Gasteiger partial charge < -0.3 is 5.32 Å². The quantitative estimate of drug-likeness (QED) is 0.776. The van der Waals surface area contributed by atoms with Gasteiger partial charge in [-0.15, -0.1) is 0 Å². The average molecular weight is 289 g/mol. The molecule has 0 radical (unpaired) electrons. The Hall–Kier alpha value is -1.76.